The molecule has 1 aliphatic heterocycles. The fraction of sp³-hybridized carbons (Fsp3) is 0.600. The lowest BCUT2D eigenvalue weighted by Gasteiger charge is -2.37. The van der Waals surface area contributed by atoms with Crippen molar-refractivity contribution in [3.63, 3.8) is 0 Å². The average Bonchev–Trinajstić information content (AvgIpc) is 2.47. The molecule has 1 saturated heterocycles. The van der Waals surface area contributed by atoms with Crippen LogP contribution in [-0.4, -0.2) is 37.7 Å². The lowest BCUT2D eigenvalue weighted by Crippen LogP contribution is -2.45. The van der Waals surface area contributed by atoms with Gasteiger partial charge in [-0.1, -0.05) is 12.1 Å². The van der Waals surface area contributed by atoms with Crippen molar-refractivity contribution < 1.29 is 13.5 Å². The van der Waals surface area contributed by atoms with E-state index in [1.807, 2.05) is 19.2 Å². The van der Waals surface area contributed by atoms with Crippen molar-refractivity contribution in [2.24, 2.45) is 0 Å². The minimum absolute atomic E-state index is 0.211. The maximum atomic E-state index is 12.1. The molecule has 0 saturated carbocycles. The predicted molar refractivity (Wildman–Crippen MR) is 75.1 cm³/mol. The third-order valence-electron chi connectivity index (χ3n) is 4.00. The van der Waals surface area contributed by atoms with Crippen molar-refractivity contribution in [2.45, 2.75) is 38.5 Å². The second kappa shape index (κ2) is 6.99. The lowest BCUT2D eigenvalue weighted by atomic mass is 10.0. The molecule has 3 nitrogen and oxygen atoms in total. The molecular formula is C15H22F2N2O. The van der Waals surface area contributed by atoms with Crippen LogP contribution < -0.4 is 10.1 Å². The van der Waals surface area contributed by atoms with E-state index in [1.54, 1.807) is 12.1 Å². The molecule has 0 radical (unpaired) electrons. The number of ether oxygens (including phenoxy) is 1. The van der Waals surface area contributed by atoms with E-state index < -0.39 is 6.61 Å². The van der Waals surface area contributed by atoms with Crippen molar-refractivity contribution in [1.29, 1.82) is 0 Å². The first kappa shape index (κ1) is 15.2. The van der Waals surface area contributed by atoms with Gasteiger partial charge in [0.25, 0.3) is 0 Å². The summed E-state index contributed by atoms with van der Waals surface area (Å²) in [6.45, 7) is 1.49. The quantitative estimate of drug-likeness (QED) is 0.899. The van der Waals surface area contributed by atoms with Gasteiger partial charge >= 0.3 is 6.61 Å². The Balaban J connectivity index is 1.99. The Morgan fingerprint density at radius 1 is 1.30 bits per heavy atom. The van der Waals surface area contributed by atoms with E-state index in [2.05, 4.69) is 21.9 Å². The molecule has 5 heteroatoms. The van der Waals surface area contributed by atoms with Crippen LogP contribution in [0, 0.1) is 0 Å². The van der Waals surface area contributed by atoms with Crippen LogP contribution in [0.25, 0.3) is 0 Å². The zero-order valence-corrected chi connectivity index (χ0v) is 12.0. The van der Waals surface area contributed by atoms with E-state index in [9.17, 15) is 8.78 Å². The smallest absolute Gasteiger partial charge is 0.387 e. The lowest BCUT2D eigenvalue weighted by molar-refractivity contribution is -0.0498. The minimum Gasteiger partial charge on any atom is -0.435 e. The van der Waals surface area contributed by atoms with Crippen LogP contribution in [0.15, 0.2) is 24.3 Å². The third kappa shape index (κ3) is 3.90. The molecule has 1 fully saturated rings. The first-order valence-corrected chi connectivity index (χ1v) is 7.06. The van der Waals surface area contributed by atoms with Gasteiger partial charge in [-0.25, -0.2) is 0 Å². The zero-order chi connectivity index (χ0) is 14.5. The number of piperidine rings is 1. The number of likely N-dealkylation sites (N-methyl/N-ethyl adjacent to an activating group) is 1. The predicted octanol–water partition coefficient (Wildman–Crippen LogP) is 3.03. The highest BCUT2D eigenvalue weighted by Crippen LogP contribution is 2.26. The molecular weight excluding hydrogens is 262 g/mol. The zero-order valence-electron chi connectivity index (χ0n) is 12.0. The topological polar surface area (TPSA) is 24.5 Å². The Kier molecular flexibility index (Phi) is 5.31. The van der Waals surface area contributed by atoms with Crippen molar-refractivity contribution in [1.82, 2.24) is 10.2 Å². The molecule has 1 N–H and O–H groups in total. The third-order valence-corrected chi connectivity index (χ3v) is 4.00. The van der Waals surface area contributed by atoms with Gasteiger partial charge in [-0.2, -0.15) is 8.78 Å². The molecule has 1 heterocycles. The highest BCUT2D eigenvalue weighted by Gasteiger charge is 2.23. The van der Waals surface area contributed by atoms with E-state index in [-0.39, 0.29) is 11.8 Å². The number of alkyl halides is 2. The summed E-state index contributed by atoms with van der Waals surface area (Å²) < 4.78 is 28.6. The van der Waals surface area contributed by atoms with Crippen LogP contribution in [0.5, 0.6) is 5.75 Å². The first-order chi connectivity index (χ1) is 9.60. The van der Waals surface area contributed by atoms with E-state index in [0.717, 1.165) is 18.7 Å². The number of hydrogen-bond acceptors (Lipinski definition) is 3. The first-order valence-electron chi connectivity index (χ1n) is 7.06. The van der Waals surface area contributed by atoms with Gasteiger partial charge in [-0.15, -0.1) is 0 Å². The Labute approximate surface area is 118 Å². The second-order valence-electron chi connectivity index (χ2n) is 5.25. The Morgan fingerprint density at radius 3 is 2.60 bits per heavy atom. The summed E-state index contributed by atoms with van der Waals surface area (Å²) in [5.74, 6) is 0.211. The van der Waals surface area contributed by atoms with Gasteiger partial charge in [-0.3, -0.25) is 4.90 Å². The largest absolute Gasteiger partial charge is 0.435 e. The molecule has 0 amide bonds. The molecule has 1 aromatic carbocycles. The summed E-state index contributed by atoms with van der Waals surface area (Å²) >= 11 is 0. The molecule has 0 aliphatic carbocycles. The SMILES string of the molecule is CNC1CCCN(C(C)c2ccc(OC(F)F)cc2)C1. The monoisotopic (exact) mass is 284 g/mol. The molecule has 0 spiro atoms. The molecule has 2 unspecified atom stereocenters. The number of benzene rings is 1. The number of hydrogen-bond donors (Lipinski definition) is 1. The Bertz CT molecular complexity index is 411. The van der Waals surface area contributed by atoms with E-state index >= 15 is 0 Å². The molecule has 0 bridgehead atoms. The summed E-state index contributed by atoms with van der Waals surface area (Å²) in [4.78, 5) is 2.42. The van der Waals surface area contributed by atoms with Gasteiger partial charge in [0.1, 0.15) is 5.75 Å². The fourth-order valence-electron chi connectivity index (χ4n) is 2.73. The standard InChI is InChI=1S/C15H22F2N2O/c1-11(19-9-3-4-13(10-19)18-2)12-5-7-14(8-6-12)20-15(16)17/h5-8,11,13,15,18H,3-4,9-10H2,1-2H3. The van der Waals surface area contributed by atoms with E-state index in [1.165, 1.54) is 12.8 Å². The second-order valence-corrected chi connectivity index (χ2v) is 5.25. The van der Waals surface area contributed by atoms with Crippen LogP contribution >= 0.6 is 0 Å². The number of halogens is 2. The molecule has 2 rings (SSSR count). The molecule has 0 aromatic heterocycles. The van der Waals surface area contributed by atoms with Crippen LogP contribution in [0.3, 0.4) is 0 Å². The van der Waals surface area contributed by atoms with Crippen LogP contribution in [-0.2, 0) is 0 Å². The van der Waals surface area contributed by atoms with Gasteiger partial charge < -0.3 is 10.1 Å². The van der Waals surface area contributed by atoms with Gasteiger partial charge in [0.2, 0.25) is 0 Å². The minimum atomic E-state index is -2.77. The number of nitrogens with one attached hydrogen (secondary N) is 1. The van der Waals surface area contributed by atoms with E-state index in [4.69, 9.17) is 0 Å². The Hall–Kier alpha value is -1.20. The van der Waals surface area contributed by atoms with Gasteiger partial charge in [0, 0.05) is 18.6 Å². The van der Waals surface area contributed by atoms with Crippen molar-refractivity contribution in [3.05, 3.63) is 29.8 Å². The molecule has 20 heavy (non-hydrogen) atoms. The van der Waals surface area contributed by atoms with Gasteiger partial charge in [-0.05, 0) is 51.1 Å². The number of nitrogens with zero attached hydrogens (tertiary/aromatic N) is 1. The summed E-state index contributed by atoms with van der Waals surface area (Å²) in [6, 6.07) is 7.77. The van der Waals surface area contributed by atoms with E-state index in [0.29, 0.717) is 6.04 Å². The van der Waals surface area contributed by atoms with Crippen molar-refractivity contribution in [2.75, 3.05) is 20.1 Å². The van der Waals surface area contributed by atoms with Crippen LogP contribution in [0.4, 0.5) is 8.78 Å². The maximum absolute atomic E-state index is 12.1. The van der Waals surface area contributed by atoms with Crippen molar-refractivity contribution >= 4 is 0 Å². The normalized spacial score (nSPS) is 21.9. The van der Waals surface area contributed by atoms with Gasteiger partial charge in [0.15, 0.2) is 0 Å². The highest BCUT2D eigenvalue weighted by atomic mass is 19.3. The summed E-state index contributed by atoms with van der Waals surface area (Å²) in [5, 5.41) is 3.33. The molecule has 112 valence electrons. The maximum Gasteiger partial charge on any atom is 0.387 e. The molecule has 1 aliphatic rings. The van der Waals surface area contributed by atoms with Crippen LogP contribution in [0.2, 0.25) is 0 Å². The average molecular weight is 284 g/mol. The van der Waals surface area contributed by atoms with Crippen molar-refractivity contribution in [3.8, 4) is 5.75 Å². The number of rotatable bonds is 5. The molecule has 1 aromatic rings. The van der Waals surface area contributed by atoms with Crippen LogP contribution in [0.1, 0.15) is 31.4 Å². The van der Waals surface area contributed by atoms with Gasteiger partial charge in [0.05, 0.1) is 0 Å². The number of likely N-dealkylation sites (tertiary alicyclic amines) is 1. The molecule has 2 atom stereocenters. The Morgan fingerprint density at radius 2 is 2.00 bits per heavy atom. The summed E-state index contributed by atoms with van der Waals surface area (Å²) in [5.41, 5.74) is 1.13. The highest BCUT2D eigenvalue weighted by molar-refractivity contribution is 5.29. The summed E-state index contributed by atoms with van der Waals surface area (Å²) in [7, 11) is 2.00. The summed E-state index contributed by atoms with van der Waals surface area (Å²) in [6.07, 6.45) is 2.39. The fourth-order valence-corrected chi connectivity index (χ4v) is 2.73.